The molecule has 0 saturated carbocycles. The molecule has 1 fully saturated rings. The molecule has 2 amide bonds. The van der Waals surface area contributed by atoms with Crippen LogP contribution in [-0.4, -0.2) is 47.4 Å². The smallest absolute Gasteiger partial charge is 0.242 e. The maximum absolute atomic E-state index is 13.1. The predicted molar refractivity (Wildman–Crippen MR) is 152 cm³/mol. The Morgan fingerprint density at radius 2 is 2.13 bits per heavy atom. The number of H-pyrrole nitrogens is 1. The maximum Gasteiger partial charge on any atom is 0.242 e. The van der Waals surface area contributed by atoms with Crippen molar-refractivity contribution in [1.29, 1.82) is 0 Å². The van der Waals surface area contributed by atoms with Crippen molar-refractivity contribution in [2.75, 3.05) is 13.6 Å². The van der Waals surface area contributed by atoms with Crippen molar-refractivity contribution in [2.24, 2.45) is 17.8 Å². The van der Waals surface area contributed by atoms with E-state index in [1.807, 2.05) is 19.3 Å². The van der Waals surface area contributed by atoms with Crippen LogP contribution in [0.25, 0.3) is 6.08 Å². The fourth-order valence-electron chi connectivity index (χ4n) is 6.17. The summed E-state index contributed by atoms with van der Waals surface area (Å²) in [7, 11) is 2.04. The first-order valence-corrected chi connectivity index (χ1v) is 14.0. The van der Waals surface area contributed by atoms with Crippen molar-refractivity contribution in [3.63, 3.8) is 0 Å². The molecule has 3 heterocycles. The lowest BCUT2D eigenvalue weighted by atomic mass is 9.72. The van der Waals surface area contributed by atoms with Crippen LogP contribution in [0.15, 0.2) is 59.9 Å². The molecule has 0 spiro atoms. The topological polar surface area (TPSA) is 89.3 Å². The van der Waals surface area contributed by atoms with E-state index in [4.69, 9.17) is 0 Å². The lowest BCUT2D eigenvalue weighted by molar-refractivity contribution is -0.130. The largest absolute Gasteiger partial charge is 0.376 e. The van der Waals surface area contributed by atoms with Gasteiger partial charge >= 0.3 is 0 Å². The van der Waals surface area contributed by atoms with Gasteiger partial charge in [0, 0.05) is 31.2 Å². The van der Waals surface area contributed by atoms with E-state index in [0.717, 1.165) is 50.2 Å². The highest BCUT2D eigenvalue weighted by atomic mass is 16.2. The van der Waals surface area contributed by atoms with Gasteiger partial charge in [-0.25, -0.2) is 0 Å². The van der Waals surface area contributed by atoms with Crippen LogP contribution in [0, 0.1) is 17.8 Å². The van der Waals surface area contributed by atoms with E-state index >= 15 is 0 Å². The van der Waals surface area contributed by atoms with Gasteiger partial charge in [-0.05, 0) is 85.8 Å². The average Bonchev–Trinajstić information content (AvgIpc) is 3.34. The van der Waals surface area contributed by atoms with Gasteiger partial charge in [-0.1, -0.05) is 43.4 Å². The number of hydrogen-bond donors (Lipinski definition) is 4. The third-order valence-corrected chi connectivity index (χ3v) is 8.35. The second kappa shape index (κ2) is 11.6. The van der Waals surface area contributed by atoms with Crippen LogP contribution in [0.2, 0.25) is 0 Å². The summed E-state index contributed by atoms with van der Waals surface area (Å²) >= 11 is 0. The van der Waals surface area contributed by atoms with Gasteiger partial charge in [0.25, 0.3) is 0 Å². The summed E-state index contributed by atoms with van der Waals surface area (Å²) in [6.07, 6.45) is 21.8. The van der Waals surface area contributed by atoms with Gasteiger partial charge in [-0.15, -0.1) is 0 Å². The van der Waals surface area contributed by atoms with Crippen LogP contribution in [0.4, 0.5) is 0 Å². The number of nitrogens with zero attached hydrogens (tertiary/aromatic N) is 1. The number of piperidine rings is 1. The molecule has 2 unspecified atom stereocenters. The van der Waals surface area contributed by atoms with Crippen LogP contribution in [-0.2, 0) is 22.7 Å². The number of carbonyl (C=O) groups excluding carboxylic acids is 2. The molecule has 38 heavy (non-hydrogen) atoms. The van der Waals surface area contributed by atoms with Gasteiger partial charge in [0.05, 0.1) is 12.6 Å². The Bertz CT molecular complexity index is 1200. The second-order valence-corrected chi connectivity index (χ2v) is 11.3. The molecular weight excluding hydrogens is 474 g/mol. The van der Waals surface area contributed by atoms with Crippen molar-refractivity contribution in [2.45, 2.75) is 64.7 Å². The number of hydrogen-bond acceptors (Lipinski definition) is 4. The van der Waals surface area contributed by atoms with Gasteiger partial charge in [-0.2, -0.15) is 0 Å². The van der Waals surface area contributed by atoms with E-state index in [0.29, 0.717) is 24.3 Å². The fourth-order valence-corrected chi connectivity index (χ4v) is 6.17. The van der Waals surface area contributed by atoms with Crippen LogP contribution in [0.5, 0.6) is 0 Å². The van der Waals surface area contributed by atoms with Crippen LogP contribution >= 0.6 is 0 Å². The third-order valence-electron chi connectivity index (χ3n) is 8.35. The Kier molecular flexibility index (Phi) is 8.03. The number of amides is 2. The highest BCUT2D eigenvalue weighted by molar-refractivity contribution is 5.89. The lowest BCUT2D eigenvalue weighted by Gasteiger charge is -2.37. The van der Waals surface area contributed by atoms with E-state index in [9.17, 15) is 9.59 Å². The molecule has 1 aromatic rings. The number of aromatic amines is 1. The summed E-state index contributed by atoms with van der Waals surface area (Å²) in [6, 6.07) is 1.21. The number of nitrogens with one attached hydrogen (secondary N) is 4. The summed E-state index contributed by atoms with van der Waals surface area (Å²) in [6.45, 7) is 6.11. The average molecular weight is 516 g/mol. The van der Waals surface area contributed by atoms with Crippen molar-refractivity contribution in [3.8, 4) is 0 Å². The second-order valence-electron chi connectivity index (χ2n) is 11.3. The van der Waals surface area contributed by atoms with Crippen molar-refractivity contribution in [3.05, 3.63) is 76.8 Å². The summed E-state index contributed by atoms with van der Waals surface area (Å²) in [5.41, 5.74) is 6.04. The molecule has 5 atom stereocenters. The minimum atomic E-state index is -0.600. The SMILES string of the molecule is CC1C=C(C2=CC=CCC2)C=CC1[C@H]1CCN[C@@H](C(=O)N[C@@H](C)C(=O)NCc2cc3c([nH]2)C=CN(C)C3)C1. The zero-order valence-corrected chi connectivity index (χ0v) is 22.8. The Morgan fingerprint density at radius 3 is 2.92 bits per heavy atom. The van der Waals surface area contributed by atoms with Crippen LogP contribution in [0.3, 0.4) is 0 Å². The summed E-state index contributed by atoms with van der Waals surface area (Å²) in [5, 5.41) is 9.28. The molecule has 0 aromatic carbocycles. The molecule has 1 saturated heterocycles. The zero-order valence-electron chi connectivity index (χ0n) is 22.8. The number of fused-ring (bicyclic) bond motifs is 1. The monoisotopic (exact) mass is 515 g/mol. The van der Waals surface area contributed by atoms with Crippen molar-refractivity contribution >= 4 is 17.9 Å². The molecule has 5 rings (SSSR count). The molecule has 2 aliphatic carbocycles. The van der Waals surface area contributed by atoms with E-state index in [2.05, 4.69) is 75.3 Å². The molecule has 202 valence electrons. The number of carbonyl (C=O) groups is 2. The molecular formula is C31H41N5O2. The van der Waals surface area contributed by atoms with Crippen LogP contribution < -0.4 is 16.0 Å². The Morgan fingerprint density at radius 1 is 1.26 bits per heavy atom. The molecule has 4 aliphatic rings. The molecule has 4 N–H and O–H groups in total. The maximum atomic E-state index is 13.1. The summed E-state index contributed by atoms with van der Waals surface area (Å²) in [4.78, 5) is 31.3. The van der Waals surface area contributed by atoms with Crippen LogP contribution in [0.1, 0.15) is 56.5 Å². The van der Waals surface area contributed by atoms with E-state index in [1.165, 1.54) is 16.7 Å². The standard InChI is InChI=1S/C31H41N5O2/c1-20-15-23(22-7-5-4-6-8-22)9-10-27(20)24-11-13-32-29(17-24)31(38)34-21(2)30(37)33-18-26-16-25-19-36(3)14-12-28(25)35-26/h4-5,7,9-10,12,14-16,20-21,24,27,29,32,35H,6,8,11,13,17-19H2,1-3H3,(H,33,37)(H,34,38)/t20?,21-,24-,27?,29+/m0/s1. The van der Waals surface area contributed by atoms with E-state index in [-0.39, 0.29) is 17.9 Å². The molecule has 7 heteroatoms. The zero-order chi connectivity index (χ0) is 26.6. The number of aromatic nitrogens is 1. The number of rotatable bonds is 7. The Labute approximate surface area is 226 Å². The fraction of sp³-hybridized carbons (Fsp3) is 0.484. The Balaban J connectivity index is 1.11. The number of allylic oxidation sites excluding steroid dienone is 8. The normalized spacial score (nSPS) is 27.3. The minimum absolute atomic E-state index is 0.0938. The molecule has 0 bridgehead atoms. The van der Waals surface area contributed by atoms with Gasteiger partial charge in [0.15, 0.2) is 0 Å². The van der Waals surface area contributed by atoms with Gasteiger partial charge in [0.1, 0.15) is 6.04 Å². The third kappa shape index (κ3) is 6.04. The summed E-state index contributed by atoms with van der Waals surface area (Å²) in [5.74, 6) is 1.03. The van der Waals surface area contributed by atoms with Gasteiger partial charge in [-0.3, -0.25) is 9.59 Å². The first kappa shape index (κ1) is 26.3. The lowest BCUT2D eigenvalue weighted by Crippen LogP contribution is -2.54. The highest BCUT2D eigenvalue weighted by Gasteiger charge is 2.34. The Hall–Kier alpha value is -3.32. The molecule has 1 aromatic heterocycles. The van der Waals surface area contributed by atoms with Crippen molar-refractivity contribution < 1.29 is 9.59 Å². The van der Waals surface area contributed by atoms with E-state index in [1.54, 1.807) is 6.92 Å². The summed E-state index contributed by atoms with van der Waals surface area (Å²) < 4.78 is 0. The predicted octanol–water partition coefficient (Wildman–Crippen LogP) is 3.94. The van der Waals surface area contributed by atoms with E-state index < -0.39 is 6.04 Å². The highest BCUT2D eigenvalue weighted by Crippen LogP contribution is 2.37. The minimum Gasteiger partial charge on any atom is -0.376 e. The molecule has 0 radical (unpaired) electrons. The van der Waals surface area contributed by atoms with Crippen molar-refractivity contribution in [1.82, 2.24) is 25.8 Å². The first-order valence-electron chi connectivity index (χ1n) is 14.0. The van der Waals surface area contributed by atoms with Gasteiger partial charge in [0.2, 0.25) is 11.8 Å². The molecule has 7 nitrogen and oxygen atoms in total. The molecule has 2 aliphatic heterocycles. The quantitative estimate of drug-likeness (QED) is 0.443. The first-order chi connectivity index (χ1) is 18.4. The van der Waals surface area contributed by atoms with Gasteiger partial charge < -0.3 is 25.8 Å².